The highest BCUT2D eigenvalue weighted by molar-refractivity contribution is 6.30. The number of halogens is 2. The number of hydrogen-bond acceptors (Lipinski definition) is 6. The predicted octanol–water partition coefficient (Wildman–Crippen LogP) is 3.47. The zero-order valence-corrected chi connectivity index (χ0v) is 17.6. The Morgan fingerprint density at radius 3 is 2.61 bits per heavy atom. The zero-order valence-electron chi connectivity index (χ0n) is 16.8. The van der Waals surface area contributed by atoms with Crippen molar-refractivity contribution in [3.63, 3.8) is 0 Å². The van der Waals surface area contributed by atoms with Gasteiger partial charge in [-0.3, -0.25) is 4.79 Å². The van der Waals surface area contributed by atoms with Crippen LogP contribution in [0.5, 0.6) is 0 Å². The molecule has 2 fully saturated rings. The average Bonchev–Trinajstić information content (AvgIpc) is 3.40. The molecule has 3 heterocycles. The number of likely N-dealkylation sites (tertiary alicyclic amines) is 1. The molecule has 158 valence electrons. The van der Waals surface area contributed by atoms with Crippen molar-refractivity contribution < 1.29 is 9.18 Å². The van der Waals surface area contributed by atoms with Crippen LogP contribution in [-0.2, 0) is 0 Å². The molecule has 9 heteroatoms. The molecule has 0 spiro atoms. The maximum Gasteiger partial charge on any atom is 0.255 e. The van der Waals surface area contributed by atoms with E-state index in [4.69, 9.17) is 11.6 Å². The third-order valence-corrected chi connectivity index (χ3v) is 6.34. The van der Waals surface area contributed by atoms with E-state index >= 15 is 0 Å². The van der Waals surface area contributed by atoms with Crippen molar-refractivity contribution in [3.05, 3.63) is 65.5 Å². The van der Waals surface area contributed by atoms with Crippen LogP contribution in [0.25, 0.3) is 11.4 Å². The molecule has 2 aliphatic rings. The molecule has 3 atom stereocenters. The molecule has 1 aliphatic carbocycles. The van der Waals surface area contributed by atoms with Crippen molar-refractivity contribution in [3.8, 4) is 11.4 Å². The molecule has 2 aromatic heterocycles. The number of rotatable bonds is 4. The second-order valence-corrected chi connectivity index (χ2v) is 8.44. The molecule has 0 radical (unpaired) electrons. The Morgan fingerprint density at radius 1 is 1.16 bits per heavy atom. The topological polar surface area (TPSA) is 75.1 Å². The lowest BCUT2D eigenvalue weighted by Gasteiger charge is -2.38. The highest BCUT2D eigenvalue weighted by Gasteiger charge is 2.49. The van der Waals surface area contributed by atoms with Crippen LogP contribution < -0.4 is 4.90 Å². The number of nitrogens with zero attached hydrogens (tertiary/aromatic N) is 6. The summed E-state index contributed by atoms with van der Waals surface area (Å²) in [5.41, 5.74) is 0.809. The Bertz CT molecular complexity index is 1110. The zero-order chi connectivity index (χ0) is 21.5. The summed E-state index contributed by atoms with van der Waals surface area (Å²) in [5, 5.41) is 0.476. The number of likely N-dealkylation sites (N-methyl/N-ethyl adjacent to an activating group) is 1. The molecule has 1 saturated heterocycles. The first-order valence-electron chi connectivity index (χ1n) is 10.1. The van der Waals surface area contributed by atoms with Gasteiger partial charge in [0.05, 0.1) is 35.1 Å². The van der Waals surface area contributed by atoms with Crippen molar-refractivity contribution in [2.45, 2.75) is 24.9 Å². The van der Waals surface area contributed by atoms with Crippen LogP contribution >= 0.6 is 11.6 Å². The number of benzene rings is 1. The Labute approximate surface area is 183 Å². The number of aromatic nitrogens is 4. The lowest BCUT2D eigenvalue weighted by molar-refractivity contribution is 0.0683. The van der Waals surface area contributed by atoms with Gasteiger partial charge in [0.15, 0.2) is 5.82 Å². The van der Waals surface area contributed by atoms with Gasteiger partial charge >= 0.3 is 0 Å². The molecular weight excluding hydrogens is 419 g/mol. The summed E-state index contributed by atoms with van der Waals surface area (Å²) in [6.45, 7) is 0.654. The van der Waals surface area contributed by atoms with Gasteiger partial charge in [-0.1, -0.05) is 11.6 Å². The minimum absolute atomic E-state index is 0.00501. The van der Waals surface area contributed by atoms with E-state index in [1.54, 1.807) is 36.9 Å². The standard InChI is InChI=1S/C22H20ClFN6O/c1-29(22-27-10-14(23)11-28-22)18-7-13-8-19(18)30(12-13)21(31)17-9-15(24)3-4-16(17)20-25-5-2-6-26-20/h2-6,9-11,13,18-19H,7-8,12H2,1H3/t13-,18+,19-/m0/s1. The summed E-state index contributed by atoms with van der Waals surface area (Å²) < 4.78 is 14.1. The lowest BCUT2D eigenvalue weighted by Crippen LogP contribution is -2.51. The highest BCUT2D eigenvalue weighted by atomic mass is 35.5. The maximum atomic E-state index is 14.1. The summed E-state index contributed by atoms with van der Waals surface area (Å²) in [4.78, 5) is 34.5. The van der Waals surface area contributed by atoms with Crippen LogP contribution in [0.15, 0.2) is 49.1 Å². The number of carbonyl (C=O) groups excluding carboxylic acids is 1. The van der Waals surface area contributed by atoms with E-state index in [1.165, 1.54) is 12.1 Å². The number of anilines is 1. The van der Waals surface area contributed by atoms with Gasteiger partial charge in [-0.15, -0.1) is 0 Å². The summed E-state index contributed by atoms with van der Waals surface area (Å²) in [6, 6.07) is 5.95. The van der Waals surface area contributed by atoms with Gasteiger partial charge in [0.1, 0.15) is 5.82 Å². The van der Waals surface area contributed by atoms with Crippen LogP contribution in [0.4, 0.5) is 10.3 Å². The predicted molar refractivity (Wildman–Crippen MR) is 114 cm³/mol. The third-order valence-electron chi connectivity index (χ3n) is 6.15. The van der Waals surface area contributed by atoms with Crippen LogP contribution in [0.3, 0.4) is 0 Å². The Balaban J connectivity index is 1.45. The Morgan fingerprint density at radius 2 is 1.90 bits per heavy atom. The molecule has 5 rings (SSSR count). The van der Waals surface area contributed by atoms with E-state index in [-0.39, 0.29) is 23.6 Å². The van der Waals surface area contributed by atoms with E-state index < -0.39 is 5.82 Å². The smallest absolute Gasteiger partial charge is 0.255 e. The molecule has 1 aliphatic heterocycles. The molecule has 1 saturated carbocycles. The summed E-state index contributed by atoms with van der Waals surface area (Å²) in [5.74, 6) is 0.691. The molecule has 7 nitrogen and oxygen atoms in total. The number of hydrogen-bond donors (Lipinski definition) is 0. The van der Waals surface area contributed by atoms with Crippen molar-refractivity contribution in [2.24, 2.45) is 5.92 Å². The van der Waals surface area contributed by atoms with Crippen molar-refractivity contribution in [2.75, 3.05) is 18.5 Å². The van der Waals surface area contributed by atoms with Gasteiger partial charge in [0.25, 0.3) is 5.91 Å². The van der Waals surface area contributed by atoms with Crippen molar-refractivity contribution in [1.82, 2.24) is 24.8 Å². The van der Waals surface area contributed by atoms with Crippen molar-refractivity contribution >= 4 is 23.5 Å². The van der Waals surface area contributed by atoms with Gasteiger partial charge < -0.3 is 9.80 Å². The lowest BCUT2D eigenvalue weighted by atomic mass is 10.0. The van der Waals surface area contributed by atoms with Crippen LogP contribution in [-0.4, -0.2) is 56.4 Å². The second-order valence-electron chi connectivity index (χ2n) is 8.00. The maximum absolute atomic E-state index is 14.1. The van der Waals surface area contributed by atoms with E-state index in [0.717, 1.165) is 12.8 Å². The number of fused-ring (bicyclic) bond motifs is 2. The number of piperidine rings is 1. The van der Waals surface area contributed by atoms with Gasteiger partial charge in [-0.05, 0) is 43.0 Å². The fourth-order valence-corrected chi connectivity index (χ4v) is 4.86. The molecule has 1 amide bonds. The first-order valence-corrected chi connectivity index (χ1v) is 10.5. The van der Waals surface area contributed by atoms with Gasteiger partial charge in [-0.2, -0.15) is 0 Å². The van der Waals surface area contributed by atoms with Crippen LogP contribution in [0.1, 0.15) is 23.2 Å². The third kappa shape index (κ3) is 3.61. The quantitative estimate of drug-likeness (QED) is 0.621. The molecular formula is C22H20ClFN6O. The van der Waals surface area contributed by atoms with E-state index in [9.17, 15) is 9.18 Å². The highest BCUT2D eigenvalue weighted by Crippen LogP contribution is 2.42. The van der Waals surface area contributed by atoms with Crippen LogP contribution in [0.2, 0.25) is 5.02 Å². The molecule has 2 bridgehead atoms. The number of carbonyl (C=O) groups is 1. The second kappa shape index (κ2) is 7.85. The van der Waals surface area contributed by atoms with Crippen molar-refractivity contribution in [1.29, 1.82) is 0 Å². The molecule has 1 aromatic carbocycles. The minimum atomic E-state index is -0.462. The normalized spacial score (nSPS) is 22.0. The van der Waals surface area contributed by atoms with E-state index in [2.05, 4.69) is 19.9 Å². The fourth-order valence-electron chi connectivity index (χ4n) is 4.76. The first kappa shape index (κ1) is 19.8. The SMILES string of the molecule is CN(c1ncc(Cl)cn1)[C@@H]1C[C@H]2C[C@@H]1N(C(=O)c1cc(F)ccc1-c1ncccn1)C2. The monoisotopic (exact) mass is 438 g/mol. The summed E-state index contributed by atoms with van der Waals surface area (Å²) in [7, 11) is 1.93. The largest absolute Gasteiger partial charge is 0.339 e. The summed E-state index contributed by atoms with van der Waals surface area (Å²) >= 11 is 5.91. The van der Waals surface area contributed by atoms with Gasteiger partial charge in [-0.25, -0.2) is 24.3 Å². The average molecular weight is 439 g/mol. The van der Waals surface area contributed by atoms with Gasteiger partial charge in [0, 0.05) is 31.5 Å². The Hall–Kier alpha value is -3.13. The summed E-state index contributed by atoms with van der Waals surface area (Å²) in [6.07, 6.45) is 8.20. The molecule has 0 unspecified atom stereocenters. The van der Waals surface area contributed by atoms with E-state index in [1.807, 2.05) is 16.8 Å². The van der Waals surface area contributed by atoms with Crippen LogP contribution in [0, 0.1) is 11.7 Å². The molecule has 31 heavy (non-hydrogen) atoms. The Kier molecular flexibility index (Phi) is 5.02. The minimum Gasteiger partial charge on any atom is -0.339 e. The van der Waals surface area contributed by atoms with E-state index in [0.29, 0.717) is 34.8 Å². The fraction of sp³-hybridized carbons (Fsp3) is 0.318. The first-order chi connectivity index (χ1) is 15.0. The molecule has 3 aromatic rings. The van der Waals surface area contributed by atoms with Gasteiger partial charge in [0.2, 0.25) is 5.95 Å². The molecule has 0 N–H and O–H groups in total. The number of amides is 1.